The molecule has 21 heavy (non-hydrogen) atoms. The minimum atomic E-state index is -2.79. The van der Waals surface area contributed by atoms with E-state index < -0.39 is 24.3 Å². The number of carbonyl (C=O) groups is 1. The lowest BCUT2D eigenvalue weighted by Crippen LogP contribution is -2.36. The van der Waals surface area contributed by atoms with E-state index in [0.717, 1.165) is 0 Å². The van der Waals surface area contributed by atoms with Crippen molar-refractivity contribution in [3.05, 3.63) is 30.1 Å². The highest BCUT2D eigenvalue weighted by molar-refractivity contribution is 5.92. The van der Waals surface area contributed by atoms with Crippen LogP contribution in [0.15, 0.2) is 24.3 Å². The van der Waals surface area contributed by atoms with Crippen molar-refractivity contribution in [3.8, 4) is 0 Å². The molecular formula is C14H13F2N3O2. The average molecular weight is 293 g/mol. The number of halogens is 2. The molecule has 0 spiro atoms. The van der Waals surface area contributed by atoms with Gasteiger partial charge in [-0.2, -0.15) is 0 Å². The molecule has 2 heterocycles. The summed E-state index contributed by atoms with van der Waals surface area (Å²) in [7, 11) is 0. The third-order valence-electron chi connectivity index (χ3n) is 3.61. The summed E-state index contributed by atoms with van der Waals surface area (Å²) >= 11 is 0. The largest absolute Gasteiger partial charge is 0.480 e. The molecule has 0 radical (unpaired) electrons. The number of para-hydroxylation sites is 1. The molecule has 1 aliphatic rings. The molecule has 1 aromatic carbocycles. The van der Waals surface area contributed by atoms with Crippen LogP contribution >= 0.6 is 0 Å². The van der Waals surface area contributed by atoms with E-state index in [2.05, 4.69) is 9.97 Å². The number of hydrogen-bond donors (Lipinski definition) is 1. The number of benzene rings is 1. The van der Waals surface area contributed by atoms with Crippen LogP contribution in [0.5, 0.6) is 0 Å². The standard InChI is InChI=1S/C14H13F2N3O2/c15-11(16)12-17-9-5-2-1-4-8(9)13(18-12)19-7-3-6-10(19)14(20)21/h1-2,4-5,10-11H,3,6-7H2,(H,20,21)/t10-/m0/s1. The SMILES string of the molecule is O=C(O)[C@@H]1CCCN1c1nc(C(F)F)nc2ccccc12. The first-order chi connectivity index (χ1) is 10.1. The highest BCUT2D eigenvalue weighted by Gasteiger charge is 2.33. The molecule has 1 aliphatic heterocycles. The minimum Gasteiger partial charge on any atom is -0.480 e. The first-order valence-electron chi connectivity index (χ1n) is 6.62. The number of carboxylic acids is 1. The van der Waals surface area contributed by atoms with Gasteiger partial charge in [-0.05, 0) is 25.0 Å². The Bertz CT molecular complexity index is 693. The first-order valence-corrected chi connectivity index (χ1v) is 6.62. The smallest absolute Gasteiger partial charge is 0.326 e. The van der Waals surface area contributed by atoms with Gasteiger partial charge in [0.25, 0.3) is 6.43 Å². The molecule has 0 bridgehead atoms. The van der Waals surface area contributed by atoms with Gasteiger partial charge < -0.3 is 10.0 Å². The van der Waals surface area contributed by atoms with Gasteiger partial charge in [0, 0.05) is 11.9 Å². The fraction of sp³-hybridized carbons (Fsp3) is 0.357. The highest BCUT2D eigenvalue weighted by atomic mass is 19.3. The summed E-state index contributed by atoms with van der Waals surface area (Å²) in [6.45, 7) is 0.487. The molecule has 1 saturated heterocycles. The van der Waals surface area contributed by atoms with Crippen LogP contribution < -0.4 is 4.90 Å². The van der Waals surface area contributed by atoms with Crippen LogP contribution in [0.4, 0.5) is 14.6 Å². The number of nitrogens with zero attached hydrogens (tertiary/aromatic N) is 3. The fourth-order valence-corrected chi connectivity index (χ4v) is 2.67. The summed E-state index contributed by atoms with van der Waals surface area (Å²) in [6.07, 6.45) is -1.61. The lowest BCUT2D eigenvalue weighted by molar-refractivity contribution is -0.138. The van der Waals surface area contributed by atoms with Crippen LogP contribution in [-0.4, -0.2) is 33.6 Å². The summed E-state index contributed by atoms with van der Waals surface area (Å²) in [5, 5.41) is 9.85. The van der Waals surface area contributed by atoms with Crippen molar-refractivity contribution >= 4 is 22.7 Å². The van der Waals surface area contributed by atoms with Gasteiger partial charge in [-0.15, -0.1) is 0 Å². The molecule has 0 aliphatic carbocycles. The Morgan fingerprint density at radius 2 is 2.10 bits per heavy atom. The molecule has 1 fully saturated rings. The van der Waals surface area contributed by atoms with Crippen molar-refractivity contribution in [2.75, 3.05) is 11.4 Å². The van der Waals surface area contributed by atoms with Gasteiger partial charge in [0.05, 0.1) is 5.52 Å². The van der Waals surface area contributed by atoms with Crippen molar-refractivity contribution < 1.29 is 18.7 Å². The Morgan fingerprint density at radius 3 is 2.81 bits per heavy atom. The molecular weight excluding hydrogens is 280 g/mol. The Hall–Kier alpha value is -2.31. The third kappa shape index (κ3) is 2.39. The summed E-state index contributed by atoms with van der Waals surface area (Å²) in [4.78, 5) is 20.6. The number of carboxylic acid groups (broad SMARTS) is 1. The van der Waals surface area contributed by atoms with E-state index >= 15 is 0 Å². The van der Waals surface area contributed by atoms with Crippen LogP contribution in [-0.2, 0) is 4.79 Å². The summed E-state index contributed by atoms with van der Waals surface area (Å²) in [5.41, 5.74) is 0.397. The van der Waals surface area contributed by atoms with Crippen LogP contribution in [0.3, 0.4) is 0 Å². The van der Waals surface area contributed by atoms with E-state index in [0.29, 0.717) is 30.3 Å². The maximum absolute atomic E-state index is 13.0. The summed E-state index contributed by atoms with van der Waals surface area (Å²) < 4.78 is 25.9. The zero-order chi connectivity index (χ0) is 15.0. The minimum absolute atomic E-state index is 0.279. The quantitative estimate of drug-likeness (QED) is 0.942. The number of aliphatic carboxylic acids is 1. The molecule has 7 heteroatoms. The second-order valence-electron chi connectivity index (χ2n) is 4.91. The van der Waals surface area contributed by atoms with Gasteiger partial charge in [-0.3, -0.25) is 0 Å². The maximum Gasteiger partial charge on any atom is 0.326 e. The molecule has 1 aromatic heterocycles. The molecule has 110 valence electrons. The van der Waals surface area contributed by atoms with Gasteiger partial charge in [-0.1, -0.05) is 12.1 Å². The monoisotopic (exact) mass is 293 g/mol. The van der Waals surface area contributed by atoms with E-state index in [-0.39, 0.29) is 5.82 Å². The Labute approximate surface area is 119 Å². The zero-order valence-corrected chi connectivity index (χ0v) is 11.0. The second-order valence-corrected chi connectivity index (χ2v) is 4.91. The fourth-order valence-electron chi connectivity index (χ4n) is 2.67. The molecule has 0 amide bonds. The molecule has 2 aromatic rings. The molecule has 0 unspecified atom stereocenters. The third-order valence-corrected chi connectivity index (χ3v) is 3.61. The maximum atomic E-state index is 13.0. The molecule has 0 saturated carbocycles. The normalized spacial score (nSPS) is 18.6. The molecule has 3 rings (SSSR count). The topological polar surface area (TPSA) is 66.3 Å². The number of fused-ring (bicyclic) bond motifs is 1. The average Bonchev–Trinajstić information content (AvgIpc) is 2.95. The van der Waals surface area contributed by atoms with Gasteiger partial charge in [0.15, 0.2) is 5.82 Å². The number of rotatable bonds is 3. The Balaban J connectivity index is 2.18. The number of anilines is 1. The van der Waals surface area contributed by atoms with E-state index in [1.54, 1.807) is 29.2 Å². The van der Waals surface area contributed by atoms with Gasteiger partial charge >= 0.3 is 5.97 Å². The lowest BCUT2D eigenvalue weighted by atomic mass is 10.2. The molecule has 1 atom stereocenters. The molecule has 5 nitrogen and oxygen atoms in total. The Kier molecular flexibility index (Phi) is 3.40. The zero-order valence-electron chi connectivity index (χ0n) is 11.0. The van der Waals surface area contributed by atoms with Crippen molar-refractivity contribution in [1.82, 2.24) is 9.97 Å². The summed E-state index contributed by atoms with van der Waals surface area (Å²) in [5.74, 6) is -1.26. The van der Waals surface area contributed by atoms with Crippen molar-refractivity contribution in [1.29, 1.82) is 0 Å². The number of hydrogen-bond acceptors (Lipinski definition) is 4. The van der Waals surface area contributed by atoms with Crippen molar-refractivity contribution in [3.63, 3.8) is 0 Å². The predicted octanol–water partition coefficient (Wildman–Crippen LogP) is 2.62. The molecule has 1 N–H and O–H groups in total. The van der Waals surface area contributed by atoms with Crippen LogP contribution in [0.25, 0.3) is 10.9 Å². The van der Waals surface area contributed by atoms with E-state index in [1.165, 1.54) is 0 Å². The van der Waals surface area contributed by atoms with E-state index in [4.69, 9.17) is 0 Å². The van der Waals surface area contributed by atoms with Crippen molar-refractivity contribution in [2.45, 2.75) is 25.3 Å². The van der Waals surface area contributed by atoms with Crippen LogP contribution in [0.2, 0.25) is 0 Å². The Morgan fingerprint density at radius 1 is 1.33 bits per heavy atom. The first kappa shape index (κ1) is 13.7. The number of aromatic nitrogens is 2. The van der Waals surface area contributed by atoms with Crippen LogP contribution in [0, 0.1) is 0 Å². The second kappa shape index (κ2) is 5.23. The van der Waals surface area contributed by atoms with Gasteiger partial charge in [-0.25, -0.2) is 23.5 Å². The van der Waals surface area contributed by atoms with Gasteiger partial charge in [0.1, 0.15) is 11.9 Å². The van der Waals surface area contributed by atoms with E-state index in [1.807, 2.05) is 0 Å². The number of alkyl halides is 2. The van der Waals surface area contributed by atoms with Crippen LogP contribution in [0.1, 0.15) is 25.1 Å². The highest BCUT2D eigenvalue weighted by Crippen LogP contribution is 2.31. The summed E-state index contributed by atoms with van der Waals surface area (Å²) in [6, 6.07) is 6.07. The predicted molar refractivity (Wildman–Crippen MR) is 72.5 cm³/mol. The lowest BCUT2D eigenvalue weighted by Gasteiger charge is -2.24. The van der Waals surface area contributed by atoms with Gasteiger partial charge in [0.2, 0.25) is 0 Å². The van der Waals surface area contributed by atoms with E-state index in [9.17, 15) is 18.7 Å². The van der Waals surface area contributed by atoms with Crippen molar-refractivity contribution in [2.24, 2.45) is 0 Å².